The van der Waals surface area contributed by atoms with Crippen molar-refractivity contribution in [1.82, 2.24) is 5.27 Å². The number of carbonyl (C=O) groups is 2. The molecule has 0 unspecified atom stereocenters. The fraction of sp³-hybridized carbons (Fsp3) is 0.174. The van der Waals surface area contributed by atoms with Gasteiger partial charge in [0.1, 0.15) is 12.3 Å². The first kappa shape index (κ1) is 23.7. The average molecular weight is 499 g/mol. The maximum atomic E-state index is 13.2. The average Bonchev–Trinajstić information content (AvgIpc) is 3.40. The van der Waals surface area contributed by atoms with Crippen LogP contribution in [0.2, 0.25) is 5.02 Å². The summed E-state index contributed by atoms with van der Waals surface area (Å²) in [4.78, 5) is 31.7. The third-order valence-corrected chi connectivity index (χ3v) is 5.80. The number of hydrogen-bond donors (Lipinski definition) is 1. The quantitative estimate of drug-likeness (QED) is 0.377. The molecule has 0 radical (unpaired) electrons. The number of thioether (sulfide) groups is 1. The molecule has 0 fully saturated rings. The van der Waals surface area contributed by atoms with E-state index in [4.69, 9.17) is 20.9 Å². The van der Waals surface area contributed by atoms with Gasteiger partial charge in [-0.2, -0.15) is 0 Å². The summed E-state index contributed by atoms with van der Waals surface area (Å²) in [6.45, 7) is 0.964. The lowest BCUT2D eigenvalue weighted by molar-refractivity contribution is -0.763. The van der Waals surface area contributed by atoms with Gasteiger partial charge in [-0.3, -0.25) is 24.3 Å². The number of rotatable bonds is 8. The number of halogens is 1. The summed E-state index contributed by atoms with van der Waals surface area (Å²) >= 11 is 7.21. The molecule has 0 spiro atoms. The topological polar surface area (TPSA) is 101 Å². The molecule has 1 aromatic heterocycles. The van der Waals surface area contributed by atoms with Gasteiger partial charge in [0.05, 0.1) is 11.4 Å². The van der Waals surface area contributed by atoms with Crippen LogP contribution in [-0.2, 0) is 20.9 Å². The van der Waals surface area contributed by atoms with E-state index in [2.05, 4.69) is 15.6 Å². The van der Waals surface area contributed by atoms with Gasteiger partial charge in [0, 0.05) is 12.1 Å². The van der Waals surface area contributed by atoms with Gasteiger partial charge in [-0.15, -0.1) is 0 Å². The molecule has 34 heavy (non-hydrogen) atoms. The predicted octanol–water partition coefficient (Wildman–Crippen LogP) is 3.38. The monoisotopic (exact) mass is 498 g/mol. The summed E-state index contributed by atoms with van der Waals surface area (Å²) < 4.78 is 11.6. The molecule has 2 amide bonds. The van der Waals surface area contributed by atoms with E-state index in [0.29, 0.717) is 29.0 Å². The van der Waals surface area contributed by atoms with Gasteiger partial charge >= 0.3 is 5.88 Å². The number of hydrogen-bond acceptors (Lipinski definition) is 7. The van der Waals surface area contributed by atoms with Crippen molar-refractivity contribution in [2.75, 3.05) is 29.7 Å². The van der Waals surface area contributed by atoms with Crippen LogP contribution in [0.15, 0.2) is 76.0 Å². The van der Waals surface area contributed by atoms with E-state index in [0.717, 1.165) is 17.3 Å². The molecule has 0 saturated heterocycles. The fourth-order valence-corrected chi connectivity index (χ4v) is 4.09. The van der Waals surface area contributed by atoms with E-state index >= 15 is 0 Å². The van der Waals surface area contributed by atoms with Gasteiger partial charge in [-0.25, -0.2) is 4.99 Å². The van der Waals surface area contributed by atoms with E-state index in [1.54, 1.807) is 37.6 Å². The lowest BCUT2D eigenvalue weighted by Gasteiger charge is -2.17. The Balaban J connectivity index is 1.49. The third kappa shape index (κ3) is 5.90. The molecule has 3 aromatic rings. The van der Waals surface area contributed by atoms with Crippen molar-refractivity contribution in [2.45, 2.75) is 6.54 Å². The maximum absolute atomic E-state index is 13.2. The molecule has 11 heteroatoms. The van der Waals surface area contributed by atoms with Gasteiger partial charge in [0.25, 0.3) is 12.1 Å². The van der Waals surface area contributed by atoms with Gasteiger partial charge in [-0.05, 0) is 40.6 Å². The second-order valence-electron chi connectivity index (χ2n) is 7.11. The van der Waals surface area contributed by atoms with E-state index < -0.39 is 0 Å². The zero-order valence-electron chi connectivity index (χ0n) is 18.2. The Morgan fingerprint density at radius 2 is 2.09 bits per heavy atom. The van der Waals surface area contributed by atoms with Crippen LogP contribution in [0.5, 0.6) is 0 Å². The molecule has 0 saturated carbocycles. The van der Waals surface area contributed by atoms with Crippen LogP contribution in [0.1, 0.15) is 5.56 Å². The van der Waals surface area contributed by atoms with Crippen LogP contribution in [-0.4, -0.2) is 41.7 Å². The Hall–Kier alpha value is -3.47. The number of methoxy groups -OCH3 is 1. The van der Waals surface area contributed by atoms with E-state index in [-0.39, 0.29) is 29.1 Å². The van der Waals surface area contributed by atoms with Crippen LogP contribution in [0.4, 0.5) is 11.6 Å². The van der Waals surface area contributed by atoms with E-state index in [1.807, 2.05) is 36.4 Å². The fourth-order valence-electron chi connectivity index (χ4n) is 3.08. The van der Waals surface area contributed by atoms with Crippen molar-refractivity contribution in [2.24, 2.45) is 4.99 Å². The number of nitrogens with zero attached hydrogens (tertiary/aromatic N) is 4. The molecule has 9 nitrogen and oxygen atoms in total. The number of amidine groups is 1. The third-order valence-electron chi connectivity index (χ3n) is 4.63. The predicted molar refractivity (Wildman–Crippen MR) is 130 cm³/mol. The molecular formula is C23H21ClN5O4S+. The Morgan fingerprint density at radius 1 is 1.26 bits per heavy atom. The number of nitrogens with one attached hydrogen (secondary N) is 1. The number of ether oxygens (including phenoxy) is 1. The van der Waals surface area contributed by atoms with Crippen molar-refractivity contribution >= 4 is 58.0 Å². The molecule has 2 heterocycles. The molecule has 1 aliphatic heterocycles. The molecule has 0 atom stereocenters. The Bertz CT molecular complexity index is 1240. The van der Waals surface area contributed by atoms with Gasteiger partial charge in [0.2, 0.25) is 17.7 Å². The summed E-state index contributed by atoms with van der Waals surface area (Å²) in [6, 6.07) is 16.3. The molecule has 2 aromatic carbocycles. The van der Waals surface area contributed by atoms with Gasteiger partial charge < -0.3 is 4.74 Å². The zero-order valence-corrected chi connectivity index (χ0v) is 19.8. The van der Waals surface area contributed by atoms with Crippen molar-refractivity contribution in [1.29, 1.82) is 0 Å². The summed E-state index contributed by atoms with van der Waals surface area (Å²) in [5, 5.41) is 7.41. The Labute approximate surface area is 205 Å². The molecule has 174 valence electrons. The van der Waals surface area contributed by atoms with Crippen molar-refractivity contribution < 1.29 is 23.5 Å². The second-order valence-corrected chi connectivity index (χ2v) is 8.49. The highest BCUT2D eigenvalue weighted by molar-refractivity contribution is 8.14. The number of aliphatic imine (C=N–C) groups is 1. The van der Waals surface area contributed by atoms with Crippen LogP contribution in [0.25, 0.3) is 6.08 Å². The largest absolute Gasteiger partial charge is 0.378 e. The van der Waals surface area contributed by atoms with Crippen LogP contribution in [0, 0.1) is 0 Å². The molecule has 0 bridgehead atoms. The molecule has 1 N–H and O–H groups in total. The number of amides is 2. The SMILES string of the molecule is COCC[n+]1cc(NC(=O)CSC2=N/C(=C/c3cccc(Cl)c3)C(=O)N2c2ccccc2)on1. The molecule has 4 rings (SSSR count). The second kappa shape index (κ2) is 11.1. The first-order valence-electron chi connectivity index (χ1n) is 10.3. The summed E-state index contributed by atoms with van der Waals surface area (Å²) in [6.07, 6.45) is 3.24. The number of aromatic nitrogens is 2. The minimum absolute atomic E-state index is 0.0126. The molecular weight excluding hydrogens is 478 g/mol. The van der Waals surface area contributed by atoms with Gasteiger partial charge in [-0.1, -0.05) is 53.7 Å². The summed E-state index contributed by atoms with van der Waals surface area (Å²) in [5.74, 6) is -0.384. The number of anilines is 2. The molecule has 1 aliphatic rings. The minimum Gasteiger partial charge on any atom is -0.378 e. The number of carbonyl (C=O) groups excluding carboxylic acids is 2. The minimum atomic E-state index is -0.324. The van der Waals surface area contributed by atoms with Crippen molar-refractivity contribution in [3.05, 3.63) is 77.1 Å². The van der Waals surface area contributed by atoms with Crippen LogP contribution >= 0.6 is 23.4 Å². The Morgan fingerprint density at radius 3 is 2.85 bits per heavy atom. The van der Waals surface area contributed by atoms with Crippen LogP contribution in [0.3, 0.4) is 0 Å². The number of para-hydroxylation sites is 1. The summed E-state index contributed by atoms with van der Waals surface area (Å²) in [7, 11) is 1.59. The lowest BCUT2D eigenvalue weighted by Crippen LogP contribution is -2.36. The van der Waals surface area contributed by atoms with Crippen molar-refractivity contribution in [3.8, 4) is 0 Å². The van der Waals surface area contributed by atoms with E-state index in [9.17, 15) is 9.59 Å². The standard InChI is InChI=1S/C23H20ClN5O4S/c1-32-11-10-28-14-21(33-27-28)26-20(30)15-34-23-25-19(13-16-6-5-7-17(24)12-16)22(31)29(23)18-8-3-2-4-9-18/h2-9,12-14H,10-11,15H2,1H3/p+1/b19-13+. The smallest absolute Gasteiger partial charge is 0.302 e. The molecule has 0 aliphatic carbocycles. The zero-order chi connectivity index (χ0) is 23.9. The lowest BCUT2D eigenvalue weighted by atomic mass is 10.2. The first-order valence-corrected chi connectivity index (χ1v) is 11.6. The highest BCUT2D eigenvalue weighted by atomic mass is 35.5. The Kier molecular flexibility index (Phi) is 7.73. The number of benzene rings is 2. The van der Waals surface area contributed by atoms with Crippen LogP contribution < -0.4 is 14.9 Å². The maximum Gasteiger partial charge on any atom is 0.302 e. The normalized spacial score (nSPS) is 14.5. The highest BCUT2D eigenvalue weighted by Gasteiger charge is 2.32. The highest BCUT2D eigenvalue weighted by Crippen LogP contribution is 2.29. The first-order chi connectivity index (χ1) is 16.5. The van der Waals surface area contributed by atoms with Gasteiger partial charge in [0.15, 0.2) is 5.17 Å². The van der Waals surface area contributed by atoms with Crippen molar-refractivity contribution in [3.63, 3.8) is 0 Å². The van der Waals surface area contributed by atoms with E-state index in [1.165, 1.54) is 9.58 Å². The summed E-state index contributed by atoms with van der Waals surface area (Å²) in [5.41, 5.74) is 1.66.